The first-order chi connectivity index (χ1) is 9.92. The molecule has 21 heavy (non-hydrogen) atoms. The molecule has 0 aromatic heterocycles. The molecule has 0 aliphatic rings. The molecule has 0 saturated carbocycles. The number of anilines is 2. The summed E-state index contributed by atoms with van der Waals surface area (Å²) in [5, 5.41) is 5.14. The lowest BCUT2D eigenvalue weighted by molar-refractivity contribution is -0.115. The first-order valence-electron chi connectivity index (χ1n) is 6.41. The van der Waals surface area contributed by atoms with Crippen molar-refractivity contribution in [1.29, 1.82) is 0 Å². The zero-order chi connectivity index (χ0) is 15.8. The van der Waals surface area contributed by atoms with Gasteiger partial charge in [-0.15, -0.1) is 0 Å². The van der Waals surface area contributed by atoms with Crippen LogP contribution in [0.25, 0.3) is 0 Å². The van der Waals surface area contributed by atoms with Gasteiger partial charge >= 0.3 is 5.97 Å². The molecule has 2 N–H and O–H groups in total. The van der Waals surface area contributed by atoms with Crippen LogP contribution in [0.1, 0.15) is 31.1 Å². The van der Waals surface area contributed by atoms with E-state index in [4.69, 9.17) is 4.74 Å². The van der Waals surface area contributed by atoms with E-state index in [1.165, 1.54) is 26.0 Å². The monoisotopic (exact) mass is 290 g/mol. The van der Waals surface area contributed by atoms with Crippen molar-refractivity contribution in [3.05, 3.63) is 35.9 Å². The van der Waals surface area contributed by atoms with Gasteiger partial charge in [0.2, 0.25) is 11.8 Å². The number of allylic oxidation sites excluding steroid dienone is 1. The maximum Gasteiger partial charge on any atom is 0.338 e. The summed E-state index contributed by atoms with van der Waals surface area (Å²) in [5.41, 5.74) is 1.06. The Morgan fingerprint density at radius 2 is 1.57 bits per heavy atom. The Balaban J connectivity index is 3.02. The lowest BCUT2D eigenvalue weighted by Gasteiger charge is -2.10. The highest BCUT2D eigenvalue weighted by Gasteiger charge is 2.11. The summed E-state index contributed by atoms with van der Waals surface area (Å²) >= 11 is 0. The molecule has 0 aliphatic carbocycles. The van der Waals surface area contributed by atoms with Crippen LogP contribution >= 0.6 is 0 Å². The molecule has 112 valence electrons. The predicted molar refractivity (Wildman–Crippen MR) is 80.1 cm³/mol. The largest absolute Gasteiger partial charge is 0.458 e. The van der Waals surface area contributed by atoms with Crippen LogP contribution in [0.3, 0.4) is 0 Å². The summed E-state index contributed by atoms with van der Waals surface area (Å²) in [6.07, 6.45) is 3.47. The van der Waals surface area contributed by atoms with Crippen molar-refractivity contribution in [2.75, 3.05) is 17.2 Å². The normalized spacial score (nSPS) is 10.2. The molecule has 1 aromatic carbocycles. The van der Waals surface area contributed by atoms with E-state index >= 15 is 0 Å². The minimum absolute atomic E-state index is 0.162. The highest BCUT2D eigenvalue weighted by Crippen LogP contribution is 2.20. The van der Waals surface area contributed by atoms with Gasteiger partial charge in [0.1, 0.15) is 6.61 Å². The Hall–Kier alpha value is -2.63. The van der Waals surface area contributed by atoms with E-state index in [9.17, 15) is 14.4 Å². The van der Waals surface area contributed by atoms with Gasteiger partial charge in [0.15, 0.2) is 0 Å². The third-order valence-corrected chi connectivity index (χ3v) is 2.36. The molecule has 2 amide bonds. The first-order valence-corrected chi connectivity index (χ1v) is 6.41. The highest BCUT2D eigenvalue weighted by atomic mass is 16.5. The third kappa shape index (κ3) is 5.90. The number of carbonyl (C=O) groups is 3. The van der Waals surface area contributed by atoms with Gasteiger partial charge < -0.3 is 15.4 Å². The Kier molecular flexibility index (Phi) is 6.13. The highest BCUT2D eigenvalue weighted by molar-refractivity contribution is 5.97. The van der Waals surface area contributed by atoms with Crippen molar-refractivity contribution >= 4 is 29.2 Å². The van der Waals surface area contributed by atoms with Crippen molar-refractivity contribution in [1.82, 2.24) is 0 Å². The van der Waals surface area contributed by atoms with Crippen molar-refractivity contribution in [3.8, 4) is 0 Å². The fourth-order valence-electron chi connectivity index (χ4n) is 1.60. The fourth-order valence-corrected chi connectivity index (χ4v) is 1.60. The average Bonchev–Trinajstić information content (AvgIpc) is 2.36. The number of hydrogen-bond donors (Lipinski definition) is 2. The van der Waals surface area contributed by atoms with Crippen molar-refractivity contribution in [2.45, 2.75) is 20.8 Å². The molecule has 0 atom stereocenters. The van der Waals surface area contributed by atoms with E-state index in [-0.39, 0.29) is 24.0 Å². The lowest BCUT2D eigenvalue weighted by Crippen LogP contribution is -2.12. The molecular formula is C15H18N2O4. The Bertz CT molecular complexity index is 545. The number of rotatable bonds is 5. The molecule has 0 fully saturated rings. The molecular weight excluding hydrogens is 272 g/mol. The maximum absolute atomic E-state index is 11.9. The van der Waals surface area contributed by atoms with Gasteiger partial charge in [-0.05, 0) is 25.1 Å². The van der Waals surface area contributed by atoms with Gasteiger partial charge in [0.05, 0.1) is 5.56 Å². The van der Waals surface area contributed by atoms with Gasteiger partial charge in [0.25, 0.3) is 0 Å². The quantitative estimate of drug-likeness (QED) is 0.644. The van der Waals surface area contributed by atoms with Crippen LogP contribution in [0.4, 0.5) is 11.4 Å². The van der Waals surface area contributed by atoms with Gasteiger partial charge in [-0.2, -0.15) is 0 Å². The number of amides is 2. The second-order valence-corrected chi connectivity index (χ2v) is 4.33. The fraction of sp³-hybridized carbons (Fsp3) is 0.267. The van der Waals surface area contributed by atoms with E-state index in [1.54, 1.807) is 18.2 Å². The Morgan fingerprint density at radius 1 is 1.05 bits per heavy atom. The second kappa shape index (κ2) is 7.84. The minimum atomic E-state index is -0.535. The smallest absolute Gasteiger partial charge is 0.338 e. The van der Waals surface area contributed by atoms with Crippen molar-refractivity contribution in [2.24, 2.45) is 0 Å². The van der Waals surface area contributed by atoms with Crippen LogP contribution in [0.2, 0.25) is 0 Å². The number of ether oxygens (including phenoxy) is 1. The van der Waals surface area contributed by atoms with Gasteiger partial charge in [-0.3, -0.25) is 9.59 Å². The summed E-state index contributed by atoms with van der Waals surface area (Å²) in [6, 6.07) is 4.54. The molecule has 0 bridgehead atoms. The van der Waals surface area contributed by atoms with Crippen molar-refractivity contribution in [3.63, 3.8) is 0 Å². The second-order valence-electron chi connectivity index (χ2n) is 4.33. The molecule has 0 saturated heterocycles. The SMILES string of the molecule is C/C=C/COC(=O)c1cc(NC(C)=O)cc(NC(C)=O)c1. The van der Waals surface area contributed by atoms with Crippen LogP contribution in [0, 0.1) is 0 Å². The molecule has 0 unspecified atom stereocenters. The van der Waals surface area contributed by atoms with E-state index in [0.29, 0.717) is 11.4 Å². The lowest BCUT2D eigenvalue weighted by atomic mass is 10.1. The zero-order valence-electron chi connectivity index (χ0n) is 12.2. The summed E-state index contributed by atoms with van der Waals surface area (Å²) in [6.45, 7) is 4.69. The Labute approximate surface area is 123 Å². The molecule has 1 aromatic rings. The van der Waals surface area contributed by atoms with Crippen LogP contribution in [0.5, 0.6) is 0 Å². The predicted octanol–water partition coefficient (Wildman–Crippen LogP) is 2.34. The summed E-state index contributed by atoms with van der Waals surface area (Å²) in [4.78, 5) is 34.1. The molecule has 6 nitrogen and oxygen atoms in total. The van der Waals surface area contributed by atoms with Crippen molar-refractivity contribution < 1.29 is 19.1 Å². The van der Waals surface area contributed by atoms with E-state index in [0.717, 1.165) is 0 Å². The summed E-state index contributed by atoms with van der Waals surface area (Å²) in [7, 11) is 0. The number of benzene rings is 1. The minimum Gasteiger partial charge on any atom is -0.458 e. The standard InChI is InChI=1S/C15H18N2O4/c1-4-5-6-21-15(20)12-7-13(16-10(2)18)9-14(8-12)17-11(3)19/h4-5,7-9H,6H2,1-3H3,(H,16,18)(H,17,19)/b5-4+. The number of hydrogen-bond acceptors (Lipinski definition) is 4. The third-order valence-electron chi connectivity index (χ3n) is 2.36. The molecule has 1 rings (SSSR count). The van der Waals surface area contributed by atoms with E-state index in [2.05, 4.69) is 10.6 Å². The molecule has 0 heterocycles. The molecule has 0 spiro atoms. The number of nitrogens with one attached hydrogen (secondary N) is 2. The maximum atomic E-state index is 11.9. The topological polar surface area (TPSA) is 84.5 Å². The first kappa shape index (κ1) is 16.4. The molecule has 6 heteroatoms. The van der Waals surface area contributed by atoms with Crippen LogP contribution in [-0.2, 0) is 14.3 Å². The van der Waals surface area contributed by atoms with E-state index in [1.807, 2.05) is 6.92 Å². The van der Waals surface area contributed by atoms with Gasteiger partial charge in [0, 0.05) is 25.2 Å². The zero-order valence-corrected chi connectivity index (χ0v) is 12.2. The summed E-state index contributed by atoms with van der Waals surface area (Å²) < 4.78 is 5.04. The van der Waals surface area contributed by atoms with Gasteiger partial charge in [-0.25, -0.2) is 4.79 Å². The average molecular weight is 290 g/mol. The molecule has 0 aliphatic heterocycles. The van der Waals surface area contributed by atoms with Crippen LogP contribution < -0.4 is 10.6 Å². The number of carbonyl (C=O) groups excluding carboxylic acids is 3. The molecule has 0 radical (unpaired) electrons. The number of esters is 1. The van der Waals surface area contributed by atoms with Gasteiger partial charge in [-0.1, -0.05) is 12.2 Å². The summed E-state index contributed by atoms with van der Waals surface area (Å²) in [5.74, 6) is -1.08. The van der Waals surface area contributed by atoms with E-state index < -0.39 is 5.97 Å². The van der Waals surface area contributed by atoms with Crippen LogP contribution in [0.15, 0.2) is 30.4 Å². The Morgan fingerprint density at radius 3 is 2.00 bits per heavy atom. The van der Waals surface area contributed by atoms with Crippen LogP contribution in [-0.4, -0.2) is 24.4 Å².